The largest absolute Gasteiger partial charge is 0.355 e. The van der Waals surface area contributed by atoms with Crippen molar-refractivity contribution in [3.8, 4) is 0 Å². The summed E-state index contributed by atoms with van der Waals surface area (Å²) < 4.78 is 10.9. The van der Waals surface area contributed by atoms with Crippen molar-refractivity contribution in [2.75, 3.05) is 20.0 Å². The summed E-state index contributed by atoms with van der Waals surface area (Å²) in [4.78, 5) is 0. The molecule has 0 rings (SSSR count). The van der Waals surface area contributed by atoms with Crippen LogP contribution < -0.4 is 0 Å². The number of unbranched alkanes of at least 4 members (excludes halogenated alkanes) is 12. The Labute approximate surface area is 170 Å². The highest BCUT2D eigenvalue weighted by Crippen LogP contribution is 2.09. The topological polar surface area (TPSA) is 18.5 Å². The van der Waals surface area contributed by atoms with Gasteiger partial charge < -0.3 is 9.47 Å². The Morgan fingerprint density at radius 3 is 1.56 bits per heavy atom. The van der Waals surface area contributed by atoms with Crippen molar-refractivity contribution in [3.63, 3.8) is 0 Å². The molecule has 0 aromatic heterocycles. The molecule has 0 bridgehead atoms. The molecule has 2 heteroatoms. The van der Waals surface area contributed by atoms with Crippen LogP contribution in [0.15, 0.2) is 24.3 Å². The average Bonchev–Trinajstić information content (AvgIpc) is 2.68. The fourth-order valence-corrected chi connectivity index (χ4v) is 2.98. The Kier molecular flexibility index (Phi) is 24.8. The van der Waals surface area contributed by atoms with Gasteiger partial charge in [-0.1, -0.05) is 95.9 Å². The second-order valence-electron chi connectivity index (χ2n) is 7.57. The monoisotopic (exact) mass is 380 g/mol. The zero-order valence-electron chi connectivity index (χ0n) is 18.6. The number of hydrogen-bond donors (Lipinski definition) is 0. The Hall–Kier alpha value is -0.600. The summed E-state index contributed by atoms with van der Waals surface area (Å²) in [7, 11) is 0. The third-order valence-electron chi connectivity index (χ3n) is 4.79. The zero-order chi connectivity index (χ0) is 19.7. The molecule has 2 nitrogen and oxygen atoms in total. The number of allylic oxidation sites excluding steroid dienone is 3. The van der Waals surface area contributed by atoms with Crippen molar-refractivity contribution in [1.82, 2.24) is 0 Å². The van der Waals surface area contributed by atoms with Crippen LogP contribution in [0.4, 0.5) is 0 Å². The van der Waals surface area contributed by atoms with E-state index in [1.165, 1.54) is 89.9 Å². The number of rotatable bonds is 22. The fourth-order valence-electron chi connectivity index (χ4n) is 2.98. The Morgan fingerprint density at radius 1 is 0.444 bits per heavy atom. The van der Waals surface area contributed by atoms with Gasteiger partial charge in [0.15, 0.2) is 0 Å². The van der Waals surface area contributed by atoms with Crippen LogP contribution in [0.25, 0.3) is 0 Å². The van der Waals surface area contributed by atoms with Gasteiger partial charge in [-0.15, -0.1) is 0 Å². The van der Waals surface area contributed by atoms with Gasteiger partial charge in [0.2, 0.25) is 0 Å². The summed E-state index contributed by atoms with van der Waals surface area (Å²) in [5.41, 5.74) is 0. The molecule has 0 saturated carbocycles. The van der Waals surface area contributed by atoms with Crippen LogP contribution in [0, 0.1) is 0 Å². The van der Waals surface area contributed by atoms with E-state index < -0.39 is 0 Å². The third kappa shape index (κ3) is 25.4. The van der Waals surface area contributed by atoms with E-state index in [4.69, 9.17) is 9.47 Å². The minimum Gasteiger partial charge on any atom is -0.355 e. The van der Waals surface area contributed by atoms with Crippen molar-refractivity contribution >= 4 is 0 Å². The van der Waals surface area contributed by atoms with Crippen molar-refractivity contribution in [1.29, 1.82) is 0 Å². The minimum absolute atomic E-state index is 0.453. The third-order valence-corrected chi connectivity index (χ3v) is 4.79. The van der Waals surface area contributed by atoms with E-state index in [1.807, 2.05) is 0 Å². The van der Waals surface area contributed by atoms with Gasteiger partial charge >= 0.3 is 0 Å². The summed E-state index contributed by atoms with van der Waals surface area (Å²) in [6.45, 7) is 6.55. The van der Waals surface area contributed by atoms with Gasteiger partial charge in [-0.05, 0) is 44.9 Å². The predicted molar refractivity (Wildman–Crippen MR) is 120 cm³/mol. The van der Waals surface area contributed by atoms with Crippen LogP contribution in [0.1, 0.15) is 117 Å². The van der Waals surface area contributed by atoms with Gasteiger partial charge in [0.25, 0.3) is 0 Å². The highest BCUT2D eigenvalue weighted by atomic mass is 16.7. The molecule has 0 N–H and O–H groups in total. The Bertz CT molecular complexity index is 309. The van der Waals surface area contributed by atoms with Gasteiger partial charge in [0.05, 0.1) is 6.61 Å². The van der Waals surface area contributed by atoms with Crippen LogP contribution in [-0.4, -0.2) is 20.0 Å². The van der Waals surface area contributed by atoms with Crippen molar-refractivity contribution in [2.24, 2.45) is 0 Å². The van der Waals surface area contributed by atoms with E-state index >= 15 is 0 Å². The Morgan fingerprint density at radius 2 is 0.926 bits per heavy atom. The van der Waals surface area contributed by atoms with Crippen LogP contribution in [0.5, 0.6) is 0 Å². The van der Waals surface area contributed by atoms with E-state index in [2.05, 4.69) is 38.2 Å². The zero-order valence-corrected chi connectivity index (χ0v) is 18.6. The normalized spacial score (nSPS) is 11.9. The summed E-state index contributed by atoms with van der Waals surface area (Å²) in [5, 5.41) is 0. The first kappa shape index (κ1) is 26.4. The van der Waals surface area contributed by atoms with Gasteiger partial charge in [-0.3, -0.25) is 0 Å². The molecular weight excluding hydrogens is 332 g/mol. The first-order valence-electron chi connectivity index (χ1n) is 11.9. The number of ether oxygens (including phenoxy) is 2. The first-order chi connectivity index (χ1) is 13.4. The molecule has 0 unspecified atom stereocenters. The SMILES string of the molecule is CCCC/C=C\CCCCCCCC/C=C\CCOCOCCCCCC. The lowest BCUT2D eigenvalue weighted by Crippen LogP contribution is -2.02. The van der Waals surface area contributed by atoms with Gasteiger partial charge in [-0.25, -0.2) is 0 Å². The van der Waals surface area contributed by atoms with Gasteiger partial charge in [-0.2, -0.15) is 0 Å². The lowest BCUT2D eigenvalue weighted by Gasteiger charge is -2.04. The van der Waals surface area contributed by atoms with Crippen LogP contribution in [-0.2, 0) is 9.47 Å². The standard InChI is InChI=1S/C25H48O2/c1-3-5-7-9-10-11-12-13-14-15-16-17-18-19-20-22-24-27-25-26-23-21-8-6-4-2/h9-10,19-20H,3-8,11-18,21-25H2,1-2H3/b10-9-,20-19-. The van der Waals surface area contributed by atoms with E-state index in [9.17, 15) is 0 Å². The lowest BCUT2D eigenvalue weighted by molar-refractivity contribution is -0.0531. The van der Waals surface area contributed by atoms with E-state index in [0.717, 1.165) is 26.1 Å². The summed E-state index contributed by atoms with van der Waals surface area (Å²) >= 11 is 0. The molecule has 160 valence electrons. The predicted octanol–water partition coefficient (Wildman–Crippen LogP) is 8.37. The highest BCUT2D eigenvalue weighted by molar-refractivity contribution is 4.82. The maximum Gasteiger partial charge on any atom is 0.146 e. The smallest absolute Gasteiger partial charge is 0.146 e. The fraction of sp³-hybridized carbons (Fsp3) is 0.840. The molecule has 0 amide bonds. The highest BCUT2D eigenvalue weighted by Gasteiger charge is 1.91. The molecule has 0 radical (unpaired) electrons. The molecule has 0 heterocycles. The maximum absolute atomic E-state index is 5.48. The van der Waals surface area contributed by atoms with Crippen LogP contribution >= 0.6 is 0 Å². The maximum atomic E-state index is 5.48. The molecule has 0 atom stereocenters. The second kappa shape index (κ2) is 25.4. The molecule has 0 aromatic rings. The molecule has 0 aliphatic heterocycles. The molecule has 0 fully saturated rings. The second-order valence-corrected chi connectivity index (χ2v) is 7.57. The van der Waals surface area contributed by atoms with Crippen molar-refractivity contribution in [2.45, 2.75) is 117 Å². The van der Waals surface area contributed by atoms with Crippen LogP contribution in [0.2, 0.25) is 0 Å². The van der Waals surface area contributed by atoms with Gasteiger partial charge in [0.1, 0.15) is 6.79 Å². The molecule has 0 aromatic carbocycles. The quantitative estimate of drug-likeness (QED) is 0.107. The Balaban J connectivity index is 3.09. The van der Waals surface area contributed by atoms with Gasteiger partial charge in [0, 0.05) is 6.61 Å². The first-order valence-corrected chi connectivity index (χ1v) is 11.9. The molecule has 0 aliphatic carbocycles. The molecule has 0 saturated heterocycles. The number of hydrogen-bond acceptors (Lipinski definition) is 2. The van der Waals surface area contributed by atoms with E-state index in [-0.39, 0.29) is 0 Å². The summed E-state index contributed by atoms with van der Waals surface area (Å²) in [6.07, 6.45) is 30.0. The lowest BCUT2D eigenvalue weighted by atomic mass is 10.1. The average molecular weight is 381 g/mol. The van der Waals surface area contributed by atoms with E-state index in [0.29, 0.717) is 6.79 Å². The minimum atomic E-state index is 0.453. The molecule has 0 spiro atoms. The van der Waals surface area contributed by atoms with Crippen molar-refractivity contribution in [3.05, 3.63) is 24.3 Å². The molecule has 0 aliphatic rings. The molecular formula is C25H48O2. The summed E-state index contributed by atoms with van der Waals surface area (Å²) in [6, 6.07) is 0. The van der Waals surface area contributed by atoms with E-state index in [1.54, 1.807) is 0 Å². The summed E-state index contributed by atoms with van der Waals surface area (Å²) in [5.74, 6) is 0. The van der Waals surface area contributed by atoms with Crippen molar-refractivity contribution < 1.29 is 9.47 Å². The van der Waals surface area contributed by atoms with Crippen LogP contribution in [0.3, 0.4) is 0 Å². The molecule has 27 heavy (non-hydrogen) atoms.